The van der Waals surface area contributed by atoms with Gasteiger partial charge in [0.05, 0.1) is 11.6 Å². The third kappa shape index (κ3) is 3.39. The van der Waals surface area contributed by atoms with Crippen LogP contribution in [0.4, 0.5) is 5.82 Å². The highest BCUT2D eigenvalue weighted by Gasteiger charge is 2.48. The van der Waals surface area contributed by atoms with Crippen LogP contribution in [0.25, 0.3) is 5.76 Å². The van der Waals surface area contributed by atoms with Crippen LogP contribution in [-0.2, 0) is 16.0 Å². The van der Waals surface area contributed by atoms with E-state index in [1.54, 1.807) is 37.3 Å². The predicted molar refractivity (Wildman–Crippen MR) is 113 cm³/mol. The minimum absolute atomic E-state index is 0.00720. The third-order valence-corrected chi connectivity index (χ3v) is 5.38. The molecule has 1 amide bonds. The molecule has 3 aromatic rings. The van der Waals surface area contributed by atoms with E-state index >= 15 is 0 Å². The van der Waals surface area contributed by atoms with Gasteiger partial charge in [-0.05, 0) is 48.7 Å². The fourth-order valence-electron chi connectivity index (χ4n) is 3.55. The van der Waals surface area contributed by atoms with Crippen molar-refractivity contribution in [2.24, 2.45) is 0 Å². The van der Waals surface area contributed by atoms with Crippen LogP contribution in [0.3, 0.4) is 0 Å². The number of aromatic nitrogens is 1. The summed E-state index contributed by atoms with van der Waals surface area (Å²) in [6.45, 7) is 3.74. The summed E-state index contributed by atoms with van der Waals surface area (Å²) in [4.78, 5) is 27.2. The van der Waals surface area contributed by atoms with Crippen LogP contribution in [0, 0.1) is 6.92 Å². The molecule has 1 aliphatic rings. The first-order valence-electron chi connectivity index (χ1n) is 9.49. The van der Waals surface area contributed by atoms with E-state index in [1.165, 1.54) is 4.90 Å². The number of anilines is 1. The lowest BCUT2D eigenvalue weighted by Crippen LogP contribution is -2.29. The van der Waals surface area contributed by atoms with Crippen molar-refractivity contribution in [3.8, 4) is 0 Å². The van der Waals surface area contributed by atoms with E-state index in [9.17, 15) is 14.7 Å². The second-order valence-corrected chi connectivity index (χ2v) is 7.50. The number of ketones is 1. The summed E-state index contributed by atoms with van der Waals surface area (Å²) in [5.74, 6) is -1.10. The van der Waals surface area contributed by atoms with E-state index in [2.05, 4.69) is 5.16 Å². The van der Waals surface area contributed by atoms with Crippen molar-refractivity contribution < 1.29 is 19.2 Å². The van der Waals surface area contributed by atoms with Gasteiger partial charge in [-0.2, -0.15) is 0 Å². The Morgan fingerprint density at radius 1 is 1.13 bits per heavy atom. The van der Waals surface area contributed by atoms with Crippen molar-refractivity contribution in [2.75, 3.05) is 4.90 Å². The maximum absolute atomic E-state index is 13.0. The van der Waals surface area contributed by atoms with Gasteiger partial charge in [-0.1, -0.05) is 47.9 Å². The molecule has 1 atom stereocenters. The smallest absolute Gasteiger partial charge is 0.301 e. The van der Waals surface area contributed by atoms with Crippen molar-refractivity contribution in [1.29, 1.82) is 0 Å². The maximum Gasteiger partial charge on any atom is 0.301 e. The summed E-state index contributed by atoms with van der Waals surface area (Å²) in [6.07, 6.45) is 0.855. The van der Waals surface area contributed by atoms with Crippen LogP contribution in [0.5, 0.6) is 0 Å². The standard InChI is InChI=1S/C23H19ClN2O4/c1-3-14-4-6-15(7-5-14)20-19(21(27)16-8-10-17(24)11-9-16)22(28)23(29)26(20)18-12-13(2)30-25-18/h4-12,20,27H,3H2,1-2H3. The number of carbonyl (C=O) groups is 2. The largest absolute Gasteiger partial charge is 0.507 e. The second-order valence-electron chi connectivity index (χ2n) is 7.07. The number of nitrogens with zero attached hydrogens (tertiary/aromatic N) is 2. The lowest BCUT2D eigenvalue weighted by Gasteiger charge is -2.23. The van der Waals surface area contributed by atoms with Gasteiger partial charge < -0.3 is 9.63 Å². The molecule has 152 valence electrons. The van der Waals surface area contributed by atoms with Crippen molar-refractivity contribution in [2.45, 2.75) is 26.3 Å². The molecule has 0 bridgehead atoms. The van der Waals surface area contributed by atoms with E-state index in [-0.39, 0.29) is 17.2 Å². The molecule has 1 unspecified atom stereocenters. The van der Waals surface area contributed by atoms with Crippen molar-refractivity contribution in [3.05, 3.63) is 87.6 Å². The van der Waals surface area contributed by atoms with Crippen LogP contribution >= 0.6 is 11.6 Å². The van der Waals surface area contributed by atoms with E-state index in [0.29, 0.717) is 21.9 Å². The number of aryl methyl sites for hydroxylation is 2. The molecule has 2 heterocycles. The van der Waals surface area contributed by atoms with Gasteiger partial charge in [0.25, 0.3) is 5.78 Å². The minimum Gasteiger partial charge on any atom is -0.507 e. The second kappa shape index (κ2) is 7.80. The van der Waals surface area contributed by atoms with Gasteiger partial charge in [-0.3, -0.25) is 14.5 Å². The Bertz CT molecular complexity index is 1150. The van der Waals surface area contributed by atoms with Gasteiger partial charge in [0.2, 0.25) is 0 Å². The third-order valence-electron chi connectivity index (χ3n) is 5.13. The first-order chi connectivity index (χ1) is 14.4. The zero-order chi connectivity index (χ0) is 21.4. The topological polar surface area (TPSA) is 83.6 Å². The number of hydrogen-bond donors (Lipinski definition) is 1. The molecule has 1 aliphatic heterocycles. The van der Waals surface area contributed by atoms with Gasteiger partial charge in [-0.25, -0.2) is 0 Å². The predicted octanol–water partition coefficient (Wildman–Crippen LogP) is 4.83. The van der Waals surface area contributed by atoms with Crippen molar-refractivity contribution >= 4 is 34.9 Å². The Balaban J connectivity index is 1.92. The van der Waals surface area contributed by atoms with E-state index in [0.717, 1.165) is 12.0 Å². The lowest BCUT2D eigenvalue weighted by atomic mass is 9.94. The molecule has 0 radical (unpaired) electrons. The molecule has 2 aromatic carbocycles. The Morgan fingerprint density at radius 2 is 1.80 bits per heavy atom. The van der Waals surface area contributed by atoms with Crippen molar-refractivity contribution in [3.63, 3.8) is 0 Å². The first kappa shape index (κ1) is 19.9. The van der Waals surface area contributed by atoms with E-state index in [4.69, 9.17) is 16.1 Å². The monoisotopic (exact) mass is 422 g/mol. The highest BCUT2D eigenvalue weighted by atomic mass is 35.5. The Kier molecular flexibility index (Phi) is 5.18. The molecule has 0 spiro atoms. The zero-order valence-corrected chi connectivity index (χ0v) is 17.2. The van der Waals surface area contributed by atoms with Gasteiger partial charge in [-0.15, -0.1) is 0 Å². The average Bonchev–Trinajstić information content (AvgIpc) is 3.29. The van der Waals surface area contributed by atoms with Crippen LogP contribution in [0.2, 0.25) is 5.02 Å². The van der Waals surface area contributed by atoms with Crippen molar-refractivity contribution in [1.82, 2.24) is 5.16 Å². The fourth-order valence-corrected chi connectivity index (χ4v) is 3.68. The Labute approximate surface area is 178 Å². The number of carbonyl (C=O) groups excluding carboxylic acids is 2. The number of aliphatic hydroxyl groups is 1. The van der Waals surface area contributed by atoms with Gasteiger partial charge in [0.15, 0.2) is 5.82 Å². The quantitative estimate of drug-likeness (QED) is 0.370. The number of Topliss-reactive ketones (excluding diaryl/α,β-unsaturated/α-hetero) is 1. The molecule has 4 rings (SSSR count). The van der Waals surface area contributed by atoms with E-state index < -0.39 is 17.7 Å². The summed E-state index contributed by atoms with van der Waals surface area (Å²) in [6, 6.07) is 14.7. The highest BCUT2D eigenvalue weighted by Crippen LogP contribution is 2.42. The molecule has 1 saturated heterocycles. The van der Waals surface area contributed by atoms with E-state index in [1.807, 2.05) is 31.2 Å². The number of aliphatic hydroxyl groups excluding tert-OH is 1. The van der Waals surface area contributed by atoms with Crippen LogP contribution < -0.4 is 4.90 Å². The van der Waals surface area contributed by atoms with Gasteiger partial charge >= 0.3 is 5.91 Å². The number of halogens is 1. The van der Waals surface area contributed by atoms with Crippen LogP contribution in [-0.4, -0.2) is 22.0 Å². The number of rotatable bonds is 4. The molecule has 0 aliphatic carbocycles. The normalized spacial score (nSPS) is 18.2. The Hall–Kier alpha value is -3.38. The Morgan fingerprint density at radius 3 is 2.37 bits per heavy atom. The number of amides is 1. The summed E-state index contributed by atoms with van der Waals surface area (Å²) in [7, 11) is 0. The SMILES string of the molecule is CCc1ccc(C2C(=C(O)c3ccc(Cl)cc3)C(=O)C(=O)N2c2cc(C)on2)cc1. The van der Waals surface area contributed by atoms with Crippen LogP contribution in [0.15, 0.2) is 64.7 Å². The summed E-state index contributed by atoms with van der Waals surface area (Å²) >= 11 is 5.94. The maximum atomic E-state index is 13.0. The molecule has 30 heavy (non-hydrogen) atoms. The molecule has 1 aromatic heterocycles. The van der Waals surface area contributed by atoms with Gasteiger partial charge in [0.1, 0.15) is 11.5 Å². The van der Waals surface area contributed by atoms with Gasteiger partial charge in [0, 0.05) is 16.7 Å². The summed E-state index contributed by atoms with van der Waals surface area (Å²) in [5, 5.41) is 15.4. The van der Waals surface area contributed by atoms with Crippen LogP contribution in [0.1, 0.15) is 35.4 Å². The lowest BCUT2D eigenvalue weighted by molar-refractivity contribution is -0.132. The molecular weight excluding hydrogens is 404 g/mol. The fraction of sp³-hybridized carbons (Fsp3) is 0.174. The summed E-state index contributed by atoms with van der Waals surface area (Å²) in [5.41, 5.74) is 2.18. The number of benzene rings is 2. The highest BCUT2D eigenvalue weighted by molar-refractivity contribution is 6.51. The zero-order valence-electron chi connectivity index (χ0n) is 16.4. The first-order valence-corrected chi connectivity index (χ1v) is 9.87. The molecule has 7 heteroatoms. The average molecular weight is 423 g/mol. The molecule has 0 saturated carbocycles. The molecule has 1 fully saturated rings. The minimum atomic E-state index is -0.837. The molecule has 6 nitrogen and oxygen atoms in total. The summed E-state index contributed by atoms with van der Waals surface area (Å²) < 4.78 is 5.13. The molecule has 1 N–H and O–H groups in total. The number of hydrogen-bond acceptors (Lipinski definition) is 5. The molecular formula is C23H19ClN2O4.